The molecule has 0 aliphatic carbocycles. The Hall–Kier alpha value is -1.74. The highest BCUT2D eigenvalue weighted by molar-refractivity contribution is 9.10. The first-order valence-electron chi connectivity index (χ1n) is 7.24. The number of nitrogens with one attached hydrogen (secondary N) is 2. The van der Waals surface area contributed by atoms with E-state index in [9.17, 15) is 8.78 Å². The fourth-order valence-electron chi connectivity index (χ4n) is 1.99. The van der Waals surface area contributed by atoms with Crippen molar-refractivity contribution in [2.45, 2.75) is 26.5 Å². The molecule has 2 N–H and O–H groups in total. The van der Waals surface area contributed by atoms with E-state index in [1.54, 1.807) is 18.2 Å². The van der Waals surface area contributed by atoms with Crippen molar-refractivity contribution >= 4 is 38.9 Å². The number of alkyl halides is 2. The van der Waals surface area contributed by atoms with E-state index in [1.807, 2.05) is 17.8 Å². The molecule has 0 atom stereocenters. The molecule has 5 nitrogen and oxygen atoms in total. The Morgan fingerprint density at radius 3 is 2.83 bits per heavy atom. The Morgan fingerprint density at radius 2 is 2.17 bits per heavy atom. The molecule has 2 aromatic rings. The summed E-state index contributed by atoms with van der Waals surface area (Å²) < 4.78 is 32.0. The van der Waals surface area contributed by atoms with Gasteiger partial charge in [-0.2, -0.15) is 13.9 Å². The van der Waals surface area contributed by atoms with Crippen LogP contribution >= 0.6 is 28.1 Å². The van der Waals surface area contributed by atoms with Crippen LogP contribution in [-0.4, -0.2) is 28.0 Å². The van der Waals surface area contributed by atoms with E-state index in [1.165, 1.54) is 6.07 Å². The summed E-state index contributed by atoms with van der Waals surface area (Å²) in [4.78, 5) is 0. The SMILES string of the molecule is Cc1nn(CCCNC(=S)Nc2ccccc2OC(F)F)cc1Br. The van der Waals surface area contributed by atoms with Gasteiger partial charge in [-0.05, 0) is 53.6 Å². The summed E-state index contributed by atoms with van der Waals surface area (Å²) in [6.07, 6.45) is 2.73. The lowest BCUT2D eigenvalue weighted by molar-refractivity contribution is -0.0493. The third-order valence-corrected chi connectivity index (χ3v) is 4.11. The van der Waals surface area contributed by atoms with Crippen LogP contribution in [0.2, 0.25) is 0 Å². The van der Waals surface area contributed by atoms with E-state index in [-0.39, 0.29) is 5.75 Å². The van der Waals surface area contributed by atoms with Crippen LogP contribution in [0.4, 0.5) is 14.5 Å². The van der Waals surface area contributed by atoms with Crippen LogP contribution in [0.15, 0.2) is 34.9 Å². The lowest BCUT2D eigenvalue weighted by Gasteiger charge is -2.14. The zero-order chi connectivity index (χ0) is 17.5. The first-order chi connectivity index (χ1) is 11.5. The predicted octanol–water partition coefficient (Wildman–Crippen LogP) is 3.93. The highest BCUT2D eigenvalue weighted by Crippen LogP contribution is 2.25. The fourth-order valence-corrected chi connectivity index (χ4v) is 2.51. The van der Waals surface area contributed by atoms with Crippen molar-refractivity contribution in [3.8, 4) is 5.75 Å². The molecule has 0 saturated carbocycles. The molecule has 1 heterocycles. The Morgan fingerprint density at radius 1 is 1.42 bits per heavy atom. The van der Waals surface area contributed by atoms with Crippen molar-refractivity contribution in [2.75, 3.05) is 11.9 Å². The van der Waals surface area contributed by atoms with Gasteiger partial charge in [-0.25, -0.2) is 0 Å². The summed E-state index contributed by atoms with van der Waals surface area (Å²) in [6.45, 7) is 0.413. The number of hydrogen-bond donors (Lipinski definition) is 2. The molecule has 0 aliphatic rings. The number of anilines is 1. The molecule has 2 rings (SSSR count). The fraction of sp³-hybridized carbons (Fsp3) is 0.333. The molecule has 0 aliphatic heterocycles. The second-order valence-corrected chi connectivity index (χ2v) is 6.20. The van der Waals surface area contributed by atoms with Gasteiger partial charge in [0.1, 0.15) is 5.75 Å². The second kappa shape index (κ2) is 8.93. The van der Waals surface area contributed by atoms with Crippen molar-refractivity contribution in [1.29, 1.82) is 0 Å². The predicted molar refractivity (Wildman–Crippen MR) is 96.6 cm³/mol. The molecule has 24 heavy (non-hydrogen) atoms. The van der Waals surface area contributed by atoms with Crippen LogP contribution in [0.25, 0.3) is 0 Å². The average molecular weight is 419 g/mol. The molecular formula is C15H17BrF2N4OS. The summed E-state index contributed by atoms with van der Waals surface area (Å²) in [5, 5.41) is 10.6. The minimum absolute atomic E-state index is 0.0496. The Kier molecular flexibility index (Phi) is 6.92. The Bertz CT molecular complexity index is 676. The monoisotopic (exact) mass is 418 g/mol. The highest BCUT2D eigenvalue weighted by Gasteiger charge is 2.09. The van der Waals surface area contributed by atoms with Gasteiger partial charge in [0.05, 0.1) is 15.9 Å². The molecule has 130 valence electrons. The van der Waals surface area contributed by atoms with E-state index in [2.05, 4.69) is 36.4 Å². The Labute approximate surface area is 152 Å². The number of aryl methyl sites for hydroxylation is 2. The zero-order valence-electron chi connectivity index (χ0n) is 12.9. The number of rotatable bonds is 7. The molecule has 0 bridgehead atoms. The van der Waals surface area contributed by atoms with Gasteiger partial charge in [0.15, 0.2) is 5.11 Å². The number of nitrogens with zero attached hydrogens (tertiary/aromatic N) is 2. The van der Waals surface area contributed by atoms with Gasteiger partial charge < -0.3 is 15.4 Å². The van der Waals surface area contributed by atoms with Crippen molar-refractivity contribution in [2.24, 2.45) is 0 Å². The van der Waals surface area contributed by atoms with Crippen molar-refractivity contribution in [3.05, 3.63) is 40.6 Å². The number of hydrogen-bond acceptors (Lipinski definition) is 3. The third kappa shape index (κ3) is 5.72. The van der Waals surface area contributed by atoms with E-state index < -0.39 is 6.61 Å². The smallest absolute Gasteiger partial charge is 0.387 e. The quantitative estimate of drug-likeness (QED) is 0.526. The van der Waals surface area contributed by atoms with Gasteiger partial charge in [-0.15, -0.1) is 0 Å². The molecule has 9 heteroatoms. The molecule has 0 spiro atoms. The first kappa shape index (κ1) is 18.6. The number of thiocarbonyl (C=S) groups is 1. The average Bonchev–Trinajstić information content (AvgIpc) is 2.84. The summed E-state index contributed by atoms with van der Waals surface area (Å²) in [5.41, 5.74) is 1.33. The van der Waals surface area contributed by atoms with E-state index in [4.69, 9.17) is 12.2 Å². The number of para-hydroxylation sites is 2. The molecule has 1 aromatic carbocycles. The summed E-state index contributed by atoms with van der Waals surface area (Å²) in [7, 11) is 0. The highest BCUT2D eigenvalue weighted by atomic mass is 79.9. The molecule has 1 aromatic heterocycles. The largest absolute Gasteiger partial charge is 0.433 e. The van der Waals surface area contributed by atoms with E-state index >= 15 is 0 Å². The maximum atomic E-state index is 12.4. The van der Waals surface area contributed by atoms with Crippen molar-refractivity contribution < 1.29 is 13.5 Å². The second-order valence-electron chi connectivity index (χ2n) is 4.93. The number of ether oxygens (including phenoxy) is 1. The molecule has 0 fully saturated rings. The summed E-state index contributed by atoms with van der Waals surface area (Å²) in [6, 6.07) is 6.40. The van der Waals surface area contributed by atoms with E-state index in [0.717, 1.165) is 23.1 Å². The van der Waals surface area contributed by atoms with Gasteiger partial charge >= 0.3 is 6.61 Å². The zero-order valence-corrected chi connectivity index (χ0v) is 15.3. The Balaban J connectivity index is 1.77. The van der Waals surface area contributed by atoms with Crippen LogP contribution in [0, 0.1) is 6.92 Å². The molecule has 0 amide bonds. The minimum atomic E-state index is -2.88. The van der Waals surface area contributed by atoms with Gasteiger partial charge in [-0.3, -0.25) is 4.68 Å². The lowest BCUT2D eigenvalue weighted by atomic mass is 10.3. The van der Waals surface area contributed by atoms with E-state index in [0.29, 0.717) is 17.3 Å². The normalized spacial score (nSPS) is 10.7. The number of halogens is 3. The number of aromatic nitrogens is 2. The standard InChI is InChI=1S/C15H17BrF2N4OS/c1-10-11(16)9-22(21-10)8-4-7-19-15(24)20-12-5-2-3-6-13(12)23-14(17)18/h2-3,5-6,9,14H,4,7-8H2,1H3,(H2,19,20,24). The van der Waals surface area contributed by atoms with Gasteiger partial charge in [-0.1, -0.05) is 12.1 Å². The third-order valence-electron chi connectivity index (χ3n) is 3.09. The lowest BCUT2D eigenvalue weighted by Crippen LogP contribution is -2.30. The number of benzene rings is 1. The molecule has 0 unspecified atom stereocenters. The first-order valence-corrected chi connectivity index (χ1v) is 8.44. The minimum Gasteiger partial charge on any atom is -0.433 e. The van der Waals surface area contributed by atoms with Crippen molar-refractivity contribution in [1.82, 2.24) is 15.1 Å². The van der Waals surface area contributed by atoms with Crippen LogP contribution in [0.3, 0.4) is 0 Å². The molecular weight excluding hydrogens is 402 g/mol. The topological polar surface area (TPSA) is 51.1 Å². The summed E-state index contributed by atoms with van der Waals surface area (Å²) in [5.74, 6) is 0.0496. The van der Waals surface area contributed by atoms with Gasteiger partial charge in [0.25, 0.3) is 0 Å². The van der Waals surface area contributed by atoms with Crippen LogP contribution in [0.5, 0.6) is 5.75 Å². The van der Waals surface area contributed by atoms with Crippen LogP contribution in [0.1, 0.15) is 12.1 Å². The van der Waals surface area contributed by atoms with Crippen molar-refractivity contribution in [3.63, 3.8) is 0 Å². The van der Waals surface area contributed by atoms with Gasteiger partial charge in [0.2, 0.25) is 0 Å². The maximum absolute atomic E-state index is 12.4. The van der Waals surface area contributed by atoms with Crippen LogP contribution < -0.4 is 15.4 Å². The van der Waals surface area contributed by atoms with Crippen LogP contribution in [-0.2, 0) is 6.54 Å². The summed E-state index contributed by atoms with van der Waals surface area (Å²) >= 11 is 8.58. The molecule has 0 radical (unpaired) electrons. The molecule has 0 saturated heterocycles. The maximum Gasteiger partial charge on any atom is 0.387 e. The van der Waals surface area contributed by atoms with Gasteiger partial charge in [0, 0.05) is 19.3 Å².